The summed E-state index contributed by atoms with van der Waals surface area (Å²) in [6.45, 7) is 4.39. The van der Waals surface area contributed by atoms with Crippen LogP contribution in [-0.2, 0) is 11.3 Å². The summed E-state index contributed by atoms with van der Waals surface area (Å²) in [4.78, 5) is 21.1. The molecule has 1 saturated carbocycles. The van der Waals surface area contributed by atoms with E-state index < -0.39 is 5.54 Å². The number of nitrogens with two attached hydrogens (primary N) is 1. The number of nitrogens with one attached hydrogen (secondary N) is 1. The molecule has 0 bridgehead atoms. The predicted octanol–water partition coefficient (Wildman–Crippen LogP) is 2.94. The summed E-state index contributed by atoms with van der Waals surface area (Å²) in [5.74, 6) is 1.66. The third-order valence-electron chi connectivity index (χ3n) is 4.92. The van der Waals surface area contributed by atoms with Crippen LogP contribution in [0.4, 0.5) is 0 Å². The van der Waals surface area contributed by atoms with E-state index in [9.17, 15) is 4.79 Å². The molecule has 3 rings (SSSR count). The number of aryl methyl sites for hydroxylation is 1. The second-order valence-corrected chi connectivity index (χ2v) is 6.89. The number of imidazole rings is 1. The molecule has 2 heterocycles. The Balaban J connectivity index is 0.00000169. The molecule has 1 aliphatic rings. The number of carbonyl (C=O) groups is 1. The van der Waals surface area contributed by atoms with Gasteiger partial charge in [-0.2, -0.15) is 0 Å². The van der Waals surface area contributed by atoms with E-state index >= 15 is 0 Å². The molecule has 0 aromatic carbocycles. The summed E-state index contributed by atoms with van der Waals surface area (Å²) < 4.78 is 1.92. The largest absolute Gasteiger partial charge is 0.352 e. The van der Waals surface area contributed by atoms with Gasteiger partial charge >= 0.3 is 0 Å². The van der Waals surface area contributed by atoms with E-state index in [0.717, 1.165) is 42.9 Å². The number of halogens is 2. The highest BCUT2D eigenvalue weighted by molar-refractivity contribution is 5.85. The number of nitrogens with zero attached hydrogens (tertiary/aromatic N) is 3. The van der Waals surface area contributed by atoms with E-state index in [2.05, 4.69) is 15.3 Å². The van der Waals surface area contributed by atoms with Gasteiger partial charge in [-0.25, -0.2) is 9.97 Å². The van der Waals surface area contributed by atoms with Gasteiger partial charge in [0.05, 0.1) is 5.92 Å². The molecule has 3 N–H and O–H groups in total. The quantitative estimate of drug-likeness (QED) is 0.826. The molecule has 144 valence electrons. The lowest BCUT2D eigenvalue weighted by atomic mass is 9.74. The Morgan fingerprint density at radius 1 is 1.35 bits per heavy atom. The second kappa shape index (κ2) is 9.35. The molecule has 1 aliphatic carbocycles. The minimum Gasteiger partial charge on any atom is -0.352 e. The maximum absolute atomic E-state index is 12.5. The first-order valence-corrected chi connectivity index (χ1v) is 8.49. The third kappa shape index (κ3) is 4.96. The fourth-order valence-corrected chi connectivity index (χ4v) is 3.39. The third-order valence-corrected chi connectivity index (χ3v) is 4.92. The fourth-order valence-electron chi connectivity index (χ4n) is 3.39. The Labute approximate surface area is 166 Å². The Bertz CT molecular complexity index is 715. The van der Waals surface area contributed by atoms with Gasteiger partial charge in [0.25, 0.3) is 0 Å². The summed E-state index contributed by atoms with van der Waals surface area (Å²) in [5, 5.41) is 3.01. The van der Waals surface area contributed by atoms with Gasteiger partial charge < -0.3 is 11.1 Å². The number of rotatable bonds is 4. The Hall–Kier alpha value is -1.63. The maximum Gasteiger partial charge on any atom is 0.225 e. The number of hydrogen-bond donors (Lipinski definition) is 2. The second-order valence-electron chi connectivity index (χ2n) is 6.89. The van der Waals surface area contributed by atoms with Gasteiger partial charge in [-0.05, 0) is 38.3 Å². The van der Waals surface area contributed by atoms with Crippen molar-refractivity contribution in [2.24, 2.45) is 11.7 Å². The van der Waals surface area contributed by atoms with Gasteiger partial charge in [0, 0.05) is 30.7 Å². The normalized spacial score (nSPS) is 22.0. The average molecular weight is 400 g/mol. The molecular formula is C18H27Cl2N5O. The lowest BCUT2D eigenvalue weighted by Gasteiger charge is -2.37. The van der Waals surface area contributed by atoms with Crippen molar-refractivity contribution in [3.63, 3.8) is 0 Å². The van der Waals surface area contributed by atoms with Crippen molar-refractivity contribution in [1.82, 2.24) is 19.9 Å². The van der Waals surface area contributed by atoms with E-state index in [4.69, 9.17) is 5.73 Å². The molecule has 0 aliphatic heterocycles. The molecule has 8 heteroatoms. The summed E-state index contributed by atoms with van der Waals surface area (Å²) >= 11 is 0. The van der Waals surface area contributed by atoms with Gasteiger partial charge in [0.1, 0.15) is 11.6 Å². The van der Waals surface area contributed by atoms with Gasteiger partial charge in [-0.1, -0.05) is 18.9 Å². The van der Waals surface area contributed by atoms with E-state index in [1.54, 1.807) is 12.4 Å². The van der Waals surface area contributed by atoms with Gasteiger partial charge in [0.15, 0.2) is 0 Å². The summed E-state index contributed by atoms with van der Waals surface area (Å²) in [5.41, 5.74) is 6.87. The molecule has 2 aromatic rings. The highest BCUT2D eigenvalue weighted by Gasteiger charge is 2.37. The first-order chi connectivity index (χ1) is 11.5. The van der Waals surface area contributed by atoms with Crippen LogP contribution in [0.2, 0.25) is 0 Å². The van der Waals surface area contributed by atoms with E-state index in [-0.39, 0.29) is 36.6 Å². The number of amides is 1. The minimum absolute atomic E-state index is 0. The Morgan fingerprint density at radius 3 is 2.69 bits per heavy atom. The fraction of sp³-hybridized carbons (Fsp3) is 0.500. The van der Waals surface area contributed by atoms with Crippen molar-refractivity contribution < 1.29 is 4.79 Å². The summed E-state index contributed by atoms with van der Waals surface area (Å²) in [7, 11) is 0. The van der Waals surface area contributed by atoms with Crippen molar-refractivity contribution >= 4 is 30.7 Å². The zero-order chi connectivity index (χ0) is 17.2. The molecule has 0 saturated heterocycles. The SMILES string of the molecule is Cc1nccn1-c1ccc(CNC(=O)C2CCCCC2(C)N)cn1.Cl.Cl. The number of pyridine rings is 1. The van der Waals surface area contributed by atoms with Crippen molar-refractivity contribution in [2.75, 3.05) is 0 Å². The molecule has 2 aromatic heterocycles. The van der Waals surface area contributed by atoms with Crippen molar-refractivity contribution in [1.29, 1.82) is 0 Å². The standard InChI is InChI=1S/C18H25N5O.2ClH/c1-13-20-9-10-23(13)16-7-6-14(11-21-16)12-22-17(24)15-5-3-4-8-18(15,2)19;;/h6-7,9-11,15H,3-5,8,12,19H2,1-2H3,(H,22,24);2*1H. The van der Waals surface area contributed by atoms with E-state index in [1.165, 1.54) is 0 Å². The molecule has 6 nitrogen and oxygen atoms in total. The van der Waals surface area contributed by atoms with Gasteiger partial charge in [-0.15, -0.1) is 24.8 Å². The van der Waals surface area contributed by atoms with Crippen molar-refractivity contribution in [3.8, 4) is 5.82 Å². The molecule has 26 heavy (non-hydrogen) atoms. The highest BCUT2D eigenvalue weighted by atomic mass is 35.5. The molecular weight excluding hydrogens is 373 g/mol. The minimum atomic E-state index is -0.399. The van der Waals surface area contributed by atoms with Crippen LogP contribution in [0.5, 0.6) is 0 Å². The topological polar surface area (TPSA) is 85.8 Å². The molecule has 1 fully saturated rings. The Morgan fingerprint density at radius 2 is 2.12 bits per heavy atom. The van der Waals surface area contributed by atoms with E-state index in [1.807, 2.05) is 36.7 Å². The Kier molecular flexibility index (Phi) is 8.06. The van der Waals surface area contributed by atoms with Crippen LogP contribution in [-0.4, -0.2) is 26.0 Å². The van der Waals surface area contributed by atoms with Crippen LogP contribution < -0.4 is 11.1 Å². The van der Waals surface area contributed by atoms with E-state index in [0.29, 0.717) is 6.54 Å². The molecule has 2 unspecified atom stereocenters. The predicted molar refractivity (Wildman–Crippen MR) is 107 cm³/mol. The van der Waals surface area contributed by atoms with Crippen molar-refractivity contribution in [2.45, 2.75) is 51.6 Å². The number of carbonyl (C=O) groups excluding carboxylic acids is 1. The first-order valence-electron chi connectivity index (χ1n) is 8.49. The molecule has 0 spiro atoms. The van der Waals surface area contributed by atoms with Crippen LogP contribution in [0, 0.1) is 12.8 Å². The van der Waals surface area contributed by atoms with Gasteiger partial charge in [0.2, 0.25) is 5.91 Å². The number of aromatic nitrogens is 3. The average Bonchev–Trinajstić information content (AvgIpc) is 2.99. The van der Waals surface area contributed by atoms with Crippen LogP contribution in [0.1, 0.15) is 44.0 Å². The summed E-state index contributed by atoms with van der Waals surface area (Å²) in [6, 6.07) is 3.91. The monoisotopic (exact) mass is 399 g/mol. The molecule has 0 radical (unpaired) electrons. The lowest BCUT2D eigenvalue weighted by molar-refractivity contribution is -0.128. The zero-order valence-corrected chi connectivity index (χ0v) is 16.8. The summed E-state index contributed by atoms with van der Waals surface area (Å²) in [6.07, 6.45) is 9.38. The van der Waals surface area contributed by atoms with Gasteiger partial charge in [-0.3, -0.25) is 9.36 Å². The van der Waals surface area contributed by atoms with Crippen LogP contribution in [0.3, 0.4) is 0 Å². The smallest absolute Gasteiger partial charge is 0.225 e. The van der Waals surface area contributed by atoms with Crippen LogP contribution >= 0.6 is 24.8 Å². The first kappa shape index (κ1) is 22.4. The van der Waals surface area contributed by atoms with Crippen LogP contribution in [0.15, 0.2) is 30.7 Å². The zero-order valence-electron chi connectivity index (χ0n) is 15.1. The van der Waals surface area contributed by atoms with Crippen LogP contribution in [0.25, 0.3) is 5.82 Å². The van der Waals surface area contributed by atoms with Crippen molar-refractivity contribution in [3.05, 3.63) is 42.1 Å². The molecule has 1 amide bonds. The molecule has 2 atom stereocenters. The number of hydrogen-bond acceptors (Lipinski definition) is 4. The highest BCUT2D eigenvalue weighted by Crippen LogP contribution is 2.31. The lowest BCUT2D eigenvalue weighted by Crippen LogP contribution is -2.52. The maximum atomic E-state index is 12.5.